The van der Waals surface area contributed by atoms with E-state index in [0.29, 0.717) is 6.10 Å². The summed E-state index contributed by atoms with van der Waals surface area (Å²) >= 11 is 0. The van der Waals surface area contributed by atoms with Crippen molar-refractivity contribution in [3.05, 3.63) is 35.9 Å². The minimum Gasteiger partial charge on any atom is -0.378 e. The Morgan fingerprint density at radius 2 is 2.07 bits per heavy atom. The lowest BCUT2D eigenvalue weighted by molar-refractivity contribution is 0.102. The van der Waals surface area contributed by atoms with E-state index < -0.39 is 0 Å². The Balaban J connectivity index is 1.67. The van der Waals surface area contributed by atoms with Gasteiger partial charge in [0.25, 0.3) is 0 Å². The summed E-state index contributed by atoms with van der Waals surface area (Å²) < 4.78 is 5.59. The van der Waals surface area contributed by atoms with Crippen molar-refractivity contribution < 1.29 is 4.74 Å². The molecule has 0 amide bonds. The Morgan fingerprint density at radius 1 is 1.21 bits per heavy atom. The highest BCUT2D eigenvalue weighted by atomic mass is 16.5. The zero-order valence-electron chi connectivity index (χ0n) is 8.61. The van der Waals surface area contributed by atoms with Gasteiger partial charge in [0, 0.05) is 6.61 Å². The van der Waals surface area contributed by atoms with Gasteiger partial charge in [-0.25, -0.2) is 0 Å². The van der Waals surface area contributed by atoms with Gasteiger partial charge in [-0.15, -0.1) is 0 Å². The SMILES string of the molecule is c1ccc(CCC[C@H]2CCCO2)cc1. The molecule has 0 bridgehead atoms. The van der Waals surface area contributed by atoms with Gasteiger partial charge in [-0.3, -0.25) is 0 Å². The van der Waals surface area contributed by atoms with Crippen LogP contribution in [0.15, 0.2) is 30.3 Å². The number of rotatable bonds is 4. The van der Waals surface area contributed by atoms with Crippen LogP contribution in [0.5, 0.6) is 0 Å². The van der Waals surface area contributed by atoms with Crippen LogP contribution < -0.4 is 0 Å². The molecular weight excluding hydrogens is 172 g/mol. The van der Waals surface area contributed by atoms with Crippen LogP contribution in [0.3, 0.4) is 0 Å². The van der Waals surface area contributed by atoms with Crippen molar-refractivity contribution >= 4 is 0 Å². The third-order valence-electron chi connectivity index (χ3n) is 2.86. The number of hydrogen-bond acceptors (Lipinski definition) is 1. The Kier molecular flexibility index (Phi) is 3.58. The zero-order valence-corrected chi connectivity index (χ0v) is 8.61. The maximum atomic E-state index is 5.59. The van der Waals surface area contributed by atoms with Gasteiger partial charge in [0.05, 0.1) is 6.10 Å². The standard InChI is InChI=1S/C13H18O/c1-2-6-12(7-3-1)8-4-9-13-10-5-11-14-13/h1-3,6-7,13H,4-5,8-11H2/t13-/m0/s1. The Morgan fingerprint density at radius 3 is 2.79 bits per heavy atom. The van der Waals surface area contributed by atoms with Crippen molar-refractivity contribution in [3.63, 3.8) is 0 Å². The van der Waals surface area contributed by atoms with Gasteiger partial charge in [-0.1, -0.05) is 30.3 Å². The van der Waals surface area contributed by atoms with E-state index in [0.717, 1.165) is 6.61 Å². The lowest BCUT2D eigenvalue weighted by Crippen LogP contribution is -2.04. The van der Waals surface area contributed by atoms with E-state index in [1.54, 1.807) is 0 Å². The fraction of sp³-hybridized carbons (Fsp3) is 0.538. The Labute approximate surface area is 86.1 Å². The van der Waals surface area contributed by atoms with E-state index in [9.17, 15) is 0 Å². The zero-order chi connectivity index (χ0) is 9.64. The predicted octanol–water partition coefficient (Wildman–Crippen LogP) is 3.19. The first-order valence-electron chi connectivity index (χ1n) is 5.61. The van der Waals surface area contributed by atoms with Crippen LogP contribution in [-0.4, -0.2) is 12.7 Å². The van der Waals surface area contributed by atoms with E-state index in [-0.39, 0.29) is 0 Å². The maximum absolute atomic E-state index is 5.59. The van der Waals surface area contributed by atoms with E-state index in [1.165, 1.54) is 37.7 Å². The highest BCUT2D eigenvalue weighted by molar-refractivity contribution is 5.14. The fourth-order valence-electron chi connectivity index (χ4n) is 2.05. The molecule has 76 valence electrons. The molecule has 1 aromatic carbocycles. The molecule has 1 aliphatic rings. The summed E-state index contributed by atoms with van der Waals surface area (Å²) in [6.07, 6.45) is 6.77. The summed E-state index contributed by atoms with van der Waals surface area (Å²) in [6, 6.07) is 10.7. The average molecular weight is 190 g/mol. The summed E-state index contributed by atoms with van der Waals surface area (Å²) in [5.74, 6) is 0. The summed E-state index contributed by atoms with van der Waals surface area (Å²) in [5.41, 5.74) is 1.45. The van der Waals surface area contributed by atoms with Crippen molar-refractivity contribution in [3.8, 4) is 0 Å². The molecule has 0 N–H and O–H groups in total. The smallest absolute Gasteiger partial charge is 0.0576 e. The van der Waals surface area contributed by atoms with Gasteiger partial charge in [0.15, 0.2) is 0 Å². The molecule has 1 heteroatoms. The molecule has 14 heavy (non-hydrogen) atoms. The van der Waals surface area contributed by atoms with E-state index >= 15 is 0 Å². The molecule has 0 aliphatic carbocycles. The molecule has 2 rings (SSSR count). The topological polar surface area (TPSA) is 9.23 Å². The van der Waals surface area contributed by atoms with Crippen LogP contribution in [0, 0.1) is 0 Å². The summed E-state index contributed by atoms with van der Waals surface area (Å²) in [5, 5.41) is 0. The van der Waals surface area contributed by atoms with Gasteiger partial charge in [0.2, 0.25) is 0 Å². The largest absolute Gasteiger partial charge is 0.378 e. The fourth-order valence-corrected chi connectivity index (χ4v) is 2.05. The van der Waals surface area contributed by atoms with Crippen LogP contribution in [0.1, 0.15) is 31.2 Å². The van der Waals surface area contributed by atoms with Gasteiger partial charge >= 0.3 is 0 Å². The van der Waals surface area contributed by atoms with E-state index in [4.69, 9.17) is 4.74 Å². The minimum atomic E-state index is 0.554. The molecule has 0 radical (unpaired) electrons. The van der Waals surface area contributed by atoms with Crippen LogP contribution in [0.25, 0.3) is 0 Å². The number of ether oxygens (including phenoxy) is 1. The lowest BCUT2D eigenvalue weighted by Gasteiger charge is -2.08. The first-order valence-corrected chi connectivity index (χ1v) is 5.61. The average Bonchev–Trinajstić information content (AvgIpc) is 2.72. The van der Waals surface area contributed by atoms with Crippen molar-refractivity contribution in [2.45, 2.75) is 38.2 Å². The minimum absolute atomic E-state index is 0.554. The van der Waals surface area contributed by atoms with E-state index in [1.807, 2.05) is 0 Å². The second-order valence-electron chi connectivity index (χ2n) is 4.01. The summed E-state index contributed by atoms with van der Waals surface area (Å²) in [6.45, 7) is 0.982. The molecule has 0 spiro atoms. The maximum Gasteiger partial charge on any atom is 0.0576 e. The molecule has 1 aliphatic heterocycles. The molecule has 0 saturated carbocycles. The number of aryl methyl sites for hydroxylation is 1. The molecule has 1 heterocycles. The number of benzene rings is 1. The molecule has 1 fully saturated rings. The highest BCUT2D eigenvalue weighted by Crippen LogP contribution is 2.17. The van der Waals surface area contributed by atoms with Gasteiger partial charge in [-0.2, -0.15) is 0 Å². The second-order valence-corrected chi connectivity index (χ2v) is 4.01. The van der Waals surface area contributed by atoms with Crippen molar-refractivity contribution in [2.75, 3.05) is 6.61 Å². The molecule has 1 atom stereocenters. The van der Waals surface area contributed by atoms with E-state index in [2.05, 4.69) is 30.3 Å². The number of hydrogen-bond donors (Lipinski definition) is 0. The summed E-state index contributed by atoms with van der Waals surface area (Å²) in [4.78, 5) is 0. The first-order chi connectivity index (χ1) is 6.95. The van der Waals surface area contributed by atoms with Crippen molar-refractivity contribution in [2.24, 2.45) is 0 Å². The molecule has 1 aromatic rings. The molecule has 1 saturated heterocycles. The van der Waals surface area contributed by atoms with Crippen molar-refractivity contribution in [1.29, 1.82) is 0 Å². The molecule has 0 aromatic heterocycles. The van der Waals surface area contributed by atoms with Crippen molar-refractivity contribution in [1.82, 2.24) is 0 Å². The van der Waals surface area contributed by atoms with Gasteiger partial charge < -0.3 is 4.74 Å². The van der Waals surface area contributed by atoms with Crippen LogP contribution >= 0.6 is 0 Å². The molecular formula is C13H18O. The lowest BCUT2D eigenvalue weighted by atomic mass is 10.0. The summed E-state index contributed by atoms with van der Waals surface area (Å²) in [7, 11) is 0. The normalized spacial score (nSPS) is 21.3. The second kappa shape index (κ2) is 5.16. The first kappa shape index (κ1) is 9.72. The monoisotopic (exact) mass is 190 g/mol. The molecule has 1 nitrogen and oxygen atoms in total. The van der Waals surface area contributed by atoms with Gasteiger partial charge in [0.1, 0.15) is 0 Å². The van der Waals surface area contributed by atoms with Crippen LogP contribution in [0.4, 0.5) is 0 Å². The predicted molar refractivity (Wildman–Crippen MR) is 58.4 cm³/mol. The van der Waals surface area contributed by atoms with Gasteiger partial charge in [-0.05, 0) is 37.7 Å². The third kappa shape index (κ3) is 2.85. The Bertz CT molecular complexity index is 249. The molecule has 0 unspecified atom stereocenters. The quantitative estimate of drug-likeness (QED) is 0.708. The van der Waals surface area contributed by atoms with Crippen LogP contribution in [0.2, 0.25) is 0 Å². The third-order valence-corrected chi connectivity index (χ3v) is 2.86. The highest BCUT2D eigenvalue weighted by Gasteiger charge is 2.14. The van der Waals surface area contributed by atoms with Crippen LogP contribution in [-0.2, 0) is 11.2 Å². The Hall–Kier alpha value is -0.820.